The van der Waals surface area contributed by atoms with Crippen LogP contribution in [0.4, 0.5) is 0 Å². The zero-order valence-electron chi connectivity index (χ0n) is 42.3. The smallest absolute Gasteiger partial charge is 0.164 e. The van der Waals surface area contributed by atoms with E-state index in [1.165, 1.54) is 5.56 Å². The van der Waals surface area contributed by atoms with Gasteiger partial charge in [0.2, 0.25) is 0 Å². The Labute approximate surface area is 445 Å². The number of aromatic nitrogens is 4. The fourth-order valence-electron chi connectivity index (χ4n) is 10.3. The molecule has 2 aromatic heterocycles. The minimum absolute atomic E-state index is 0.580. The van der Waals surface area contributed by atoms with Crippen molar-refractivity contribution in [2.75, 3.05) is 0 Å². The topological polar surface area (TPSA) is 51.6 Å². The molecule has 0 aliphatic carbocycles. The van der Waals surface area contributed by atoms with E-state index in [1.807, 2.05) is 6.92 Å². The molecule has 0 N–H and O–H groups in total. The second-order valence-corrected chi connectivity index (χ2v) is 19.0. The van der Waals surface area contributed by atoms with Gasteiger partial charge in [-0.05, 0) is 122 Å². The molecule has 0 saturated heterocycles. The Kier molecular flexibility index (Phi) is 13.2. The van der Waals surface area contributed by atoms with E-state index in [4.69, 9.17) is 19.9 Å². The molecule has 4 heteroatoms. The summed E-state index contributed by atoms with van der Waals surface area (Å²) in [7, 11) is 0. The van der Waals surface area contributed by atoms with Gasteiger partial charge in [0.05, 0.1) is 0 Å². The predicted octanol–water partition coefficient (Wildman–Crippen LogP) is 18.2. The van der Waals surface area contributed by atoms with Crippen molar-refractivity contribution in [2.45, 2.75) is 13.8 Å². The van der Waals surface area contributed by atoms with Gasteiger partial charge in [0.25, 0.3) is 0 Å². The van der Waals surface area contributed by atoms with Crippen LogP contribution in [0.2, 0.25) is 0 Å². The van der Waals surface area contributed by atoms with E-state index in [0.717, 1.165) is 112 Å². The van der Waals surface area contributed by atoms with Crippen LogP contribution < -0.4 is 0 Å². The van der Waals surface area contributed by atoms with E-state index >= 15 is 0 Å². The molecule has 0 amide bonds. The number of rotatable bonds is 12. The molecule has 2 heterocycles. The van der Waals surface area contributed by atoms with Crippen LogP contribution in [0.25, 0.3) is 101 Å². The second-order valence-electron chi connectivity index (χ2n) is 19.0. The van der Waals surface area contributed by atoms with Crippen molar-refractivity contribution in [3.8, 4) is 89.8 Å². The Morgan fingerprint density at radius 1 is 0.237 bits per heavy atom. The molecule has 10 aromatic carbocycles. The lowest BCUT2D eigenvalue weighted by Gasteiger charge is -2.19. The molecule has 12 aromatic rings. The minimum Gasteiger partial charge on any atom is -0.258 e. The molecule has 0 fully saturated rings. The van der Waals surface area contributed by atoms with Crippen molar-refractivity contribution in [1.29, 1.82) is 0 Å². The Hall–Kier alpha value is -9.90. The third kappa shape index (κ3) is 9.83. The number of aryl methyl sites for hydroxylation is 2. The quantitative estimate of drug-likeness (QED) is 0.115. The molecular weight excluding hydrogens is 921 g/mol. The van der Waals surface area contributed by atoms with Crippen LogP contribution in [0.15, 0.2) is 279 Å². The van der Waals surface area contributed by atoms with Crippen molar-refractivity contribution >= 4 is 11.1 Å². The standard InChI is InChI=1S/C72H52N4/c1-49-36-45-64(50(2)73-49)54-37-41-59(42-38-54)70-74-71(76-72(75-70)62-35-21-34-61(46-62)68(57-32-19-8-20-33-57)67(55-28-15-6-16-29-55)56-30-17-7-18-31-56)60-43-39-58(40-44-60)69-65(52-24-11-4-12-25-52)47-63(51-22-9-3-10-23-51)48-66(69)53-26-13-5-14-27-53/h3-48H,1-2H3. The highest BCUT2D eigenvalue weighted by atomic mass is 15.0. The molecule has 0 unspecified atom stereocenters. The van der Waals surface area contributed by atoms with Gasteiger partial charge in [-0.3, -0.25) is 4.98 Å². The van der Waals surface area contributed by atoms with Gasteiger partial charge in [0.15, 0.2) is 17.5 Å². The highest BCUT2D eigenvalue weighted by molar-refractivity contribution is 6.05. The fraction of sp³-hybridized carbons (Fsp3) is 0.0278. The molecule has 0 saturated carbocycles. The van der Waals surface area contributed by atoms with Crippen molar-refractivity contribution in [3.63, 3.8) is 0 Å². The normalized spacial score (nSPS) is 11.0. The number of nitrogens with zero attached hydrogens (tertiary/aromatic N) is 4. The van der Waals surface area contributed by atoms with E-state index in [9.17, 15) is 0 Å². The van der Waals surface area contributed by atoms with E-state index in [1.54, 1.807) is 0 Å². The molecule has 4 nitrogen and oxygen atoms in total. The van der Waals surface area contributed by atoms with Gasteiger partial charge < -0.3 is 0 Å². The largest absolute Gasteiger partial charge is 0.258 e. The monoisotopic (exact) mass is 972 g/mol. The van der Waals surface area contributed by atoms with Gasteiger partial charge in [-0.15, -0.1) is 0 Å². The molecule has 76 heavy (non-hydrogen) atoms. The summed E-state index contributed by atoms with van der Waals surface area (Å²) in [5, 5.41) is 0. The molecule has 0 radical (unpaired) electrons. The van der Waals surface area contributed by atoms with Crippen LogP contribution in [0.3, 0.4) is 0 Å². The van der Waals surface area contributed by atoms with Crippen molar-refractivity contribution in [2.24, 2.45) is 0 Å². The zero-order valence-corrected chi connectivity index (χ0v) is 42.3. The summed E-state index contributed by atoms with van der Waals surface area (Å²) in [6.07, 6.45) is 0. The predicted molar refractivity (Wildman–Crippen MR) is 315 cm³/mol. The van der Waals surface area contributed by atoms with E-state index in [0.29, 0.717) is 17.5 Å². The first-order chi connectivity index (χ1) is 37.5. The number of hydrogen-bond donors (Lipinski definition) is 0. The number of hydrogen-bond acceptors (Lipinski definition) is 4. The Morgan fingerprint density at radius 3 is 1.05 bits per heavy atom. The van der Waals surface area contributed by atoms with Crippen molar-refractivity contribution in [1.82, 2.24) is 19.9 Å². The summed E-state index contributed by atoms with van der Waals surface area (Å²) in [4.78, 5) is 20.7. The third-order valence-corrected chi connectivity index (χ3v) is 14.0. The minimum atomic E-state index is 0.580. The lowest BCUT2D eigenvalue weighted by Crippen LogP contribution is -2.01. The van der Waals surface area contributed by atoms with Gasteiger partial charge in [-0.25, -0.2) is 15.0 Å². The first kappa shape index (κ1) is 47.1. The average molecular weight is 973 g/mol. The van der Waals surface area contributed by atoms with Crippen molar-refractivity contribution in [3.05, 3.63) is 313 Å². The summed E-state index contributed by atoms with van der Waals surface area (Å²) < 4.78 is 0. The zero-order chi connectivity index (χ0) is 51.2. The fourth-order valence-corrected chi connectivity index (χ4v) is 10.3. The molecule has 0 bridgehead atoms. The van der Waals surface area contributed by atoms with Crippen LogP contribution in [-0.2, 0) is 0 Å². The van der Waals surface area contributed by atoms with Crippen LogP contribution in [0.1, 0.15) is 33.6 Å². The van der Waals surface area contributed by atoms with E-state index in [-0.39, 0.29) is 0 Å². The summed E-state index contributed by atoms with van der Waals surface area (Å²) >= 11 is 0. The van der Waals surface area contributed by atoms with Gasteiger partial charge in [-0.2, -0.15) is 0 Å². The highest BCUT2D eigenvalue weighted by Gasteiger charge is 2.21. The third-order valence-electron chi connectivity index (χ3n) is 14.0. The summed E-state index contributed by atoms with van der Waals surface area (Å²) in [6, 6.07) is 98.8. The van der Waals surface area contributed by atoms with Gasteiger partial charge in [-0.1, -0.05) is 255 Å². The molecule has 0 aliphatic heterocycles. The SMILES string of the molecule is Cc1ccc(-c2ccc(-c3nc(-c4ccc(-c5c(-c6ccccc6)cc(-c6ccccc6)cc5-c5ccccc5)cc4)nc(-c4cccc(C(=C(c5ccccc5)c5ccccc5)c5ccccc5)c4)n3)cc2)c(C)n1. The number of pyridine rings is 1. The summed E-state index contributed by atoms with van der Waals surface area (Å²) in [5.74, 6) is 1.75. The Balaban J connectivity index is 1.02. The number of benzene rings is 10. The van der Waals surface area contributed by atoms with Gasteiger partial charge in [0, 0.05) is 33.6 Å². The van der Waals surface area contributed by atoms with Crippen LogP contribution in [-0.4, -0.2) is 19.9 Å². The average Bonchev–Trinajstić information content (AvgIpc) is 3.49. The second kappa shape index (κ2) is 21.3. The maximum Gasteiger partial charge on any atom is 0.164 e. The Morgan fingerprint density at radius 2 is 0.592 bits per heavy atom. The lowest BCUT2D eigenvalue weighted by atomic mass is 9.84. The first-order valence-electron chi connectivity index (χ1n) is 25.8. The maximum absolute atomic E-state index is 5.35. The van der Waals surface area contributed by atoms with E-state index in [2.05, 4.69) is 286 Å². The molecule has 0 aliphatic rings. The molecule has 12 rings (SSSR count). The molecule has 360 valence electrons. The van der Waals surface area contributed by atoms with Gasteiger partial charge >= 0.3 is 0 Å². The molecular formula is C72H52N4. The lowest BCUT2D eigenvalue weighted by molar-refractivity contribution is 1.07. The highest BCUT2D eigenvalue weighted by Crippen LogP contribution is 2.44. The molecule has 0 atom stereocenters. The van der Waals surface area contributed by atoms with Crippen LogP contribution in [0, 0.1) is 13.8 Å². The van der Waals surface area contributed by atoms with Crippen LogP contribution in [0.5, 0.6) is 0 Å². The maximum atomic E-state index is 5.35. The Bertz CT molecular complexity index is 3890. The first-order valence-corrected chi connectivity index (χ1v) is 25.8. The van der Waals surface area contributed by atoms with Crippen LogP contribution >= 0.6 is 0 Å². The molecule has 0 spiro atoms. The van der Waals surface area contributed by atoms with Gasteiger partial charge in [0.1, 0.15) is 0 Å². The van der Waals surface area contributed by atoms with E-state index < -0.39 is 0 Å². The summed E-state index contributed by atoms with van der Waals surface area (Å²) in [6.45, 7) is 4.09. The summed E-state index contributed by atoms with van der Waals surface area (Å²) in [5.41, 5.74) is 22.7. The van der Waals surface area contributed by atoms with Crippen molar-refractivity contribution < 1.29 is 0 Å².